The van der Waals surface area contributed by atoms with Gasteiger partial charge in [-0.25, -0.2) is 4.63 Å². The second-order valence-electron chi connectivity index (χ2n) is 4.79. The number of carbonyl (C=O) groups is 1. The molecule has 0 aromatic carbocycles. The highest BCUT2D eigenvalue weighted by Crippen LogP contribution is 2.08. The SMILES string of the molecule is CC(C)CN(CC(C)C)C(=O)c1cnon1. The zero-order valence-electron chi connectivity index (χ0n) is 10.3. The second-order valence-corrected chi connectivity index (χ2v) is 4.79. The Labute approximate surface area is 95.8 Å². The Balaban J connectivity index is 2.71. The highest BCUT2D eigenvalue weighted by atomic mass is 16.6. The van der Waals surface area contributed by atoms with Gasteiger partial charge in [0.05, 0.1) is 0 Å². The molecule has 1 aromatic rings. The van der Waals surface area contributed by atoms with E-state index >= 15 is 0 Å². The fraction of sp³-hybridized carbons (Fsp3) is 0.727. The molecule has 1 amide bonds. The second kappa shape index (κ2) is 5.63. The summed E-state index contributed by atoms with van der Waals surface area (Å²) in [6, 6.07) is 0. The van der Waals surface area contributed by atoms with Crippen LogP contribution in [0.5, 0.6) is 0 Å². The number of nitrogens with zero attached hydrogens (tertiary/aromatic N) is 3. The first-order valence-electron chi connectivity index (χ1n) is 5.57. The Morgan fingerprint density at radius 3 is 2.25 bits per heavy atom. The lowest BCUT2D eigenvalue weighted by atomic mass is 10.1. The molecule has 0 spiro atoms. The van der Waals surface area contributed by atoms with Crippen LogP contribution in [-0.2, 0) is 0 Å². The van der Waals surface area contributed by atoms with Crippen molar-refractivity contribution in [1.82, 2.24) is 15.2 Å². The van der Waals surface area contributed by atoms with Gasteiger partial charge in [0.25, 0.3) is 5.91 Å². The first kappa shape index (κ1) is 12.7. The summed E-state index contributed by atoms with van der Waals surface area (Å²) in [6.07, 6.45) is 1.36. The van der Waals surface area contributed by atoms with Gasteiger partial charge in [-0.15, -0.1) is 0 Å². The van der Waals surface area contributed by atoms with Gasteiger partial charge in [-0.1, -0.05) is 32.9 Å². The fourth-order valence-corrected chi connectivity index (χ4v) is 1.54. The van der Waals surface area contributed by atoms with Gasteiger partial charge in [0.15, 0.2) is 5.69 Å². The van der Waals surface area contributed by atoms with Crippen molar-refractivity contribution >= 4 is 5.91 Å². The Morgan fingerprint density at radius 2 is 1.88 bits per heavy atom. The van der Waals surface area contributed by atoms with E-state index in [1.165, 1.54) is 6.20 Å². The van der Waals surface area contributed by atoms with E-state index in [4.69, 9.17) is 0 Å². The highest BCUT2D eigenvalue weighted by molar-refractivity contribution is 5.91. The standard InChI is InChI=1S/C11H19N3O2/c1-8(2)6-14(7-9(3)4)11(15)10-5-12-16-13-10/h5,8-9H,6-7H2,1-4H3. The molecule has 0 aliphatic carbocycles. The normalized spacial score (nSPS) is 11.1. The van der Waals surface area contributed by atoms with Crippen molar-refractivity contribution in [1.29, 1.82) is 0 Å². The number of aromatic nitrogens is 2. The van der Waals surface area contributed by atoms with E-state index in [9.17, 15) is 4.79 Å². The predicted octanol–water partition coefficient (Wildman–Crippen LogP) is 1.82. The molecule has 0 unspecified atom stereocenters. The molecule has 5 nitrogen and oxygen atoms in total. The van der Waals surface area contributed by atoms with Crippen molar-refractivity contribution in [2.24, 2.45) is 11.8 Å². The average Bonchev–Trinajstić information content (AvgIpc) is 2.66. The number of hydrogen-bond donors (Lipinski definition) is 0. The maximum absolute atomic E-state index is 12.0. The summed E-state index contributed by atoms with van der Waals surface area (Å²) in [7, 11) is 0. The molecule has 1 heterocycles. The maximum atomic E-state index is 12.0. The Hall–Kier alpha value is -1.39. The zero-order valence-corrected chi connectivity index (χ0v) is 10.3. The van der Waals surface area contributed by atoms with E-state index < -0.39 is 0 Å². The summed E-state index contributed by atoms with van der Waals surface area (Å²) in [6.45, 7) is 9.79. The molecule has 0 N–H and O–H groups in total. The summed E-state index contributed by atoms with van der Waals surface area (Å²) < 4.78 is 4.45. The third kappa shape index (κ3) is 3.64. The quantitative estimate of drug-likeness (QED) is 0.767. The molecule has 0 bridgehead atoms. The molecule has 90 valence electrons. The molecule has 0 fully saturated rings. The molecular weight excluding hydrogens is 206 g/mol. The van der Waals surface area contributed by atoms with Crippen LogP contribution in [0, 0.1) is 11.8 Å². The van der Waals surface area contributed by atoms with Crippen LogP contribution >= 0.6 is 0 Å². The number of carbonyl (C=O) groups excluding carboxylic acids is 1. The first-order valence-corrected chi connectivity index (χ1v) is 5.57. The molecular formula is C11H19N3O2. The van der Waals surface area contributed by atoms with Crippen molar-refractivity contribution in [3.05, 3.63) is 11.9 Å². The monoisotopic (exact) mass is 225 g/mol. The van der Waals surface area contributed by atoms with Crippen LogP contribution in [0.2, 0.25) is 0 Å². The zero-order chi connectivity index (χ0) is 12.1. The van der Waals surface area contributed by atoms with E-state index in [1.807, 2.05) is 0 Å². The topological polar surface area (TPSA) is 59.2 Å². The van der Waals surface area contributed by atoms with E-state index in [2.05, 4.69) is 42.6 Å². The third-order valence-corrected chi connectivity index (χ3v) is 2.04. The van der Waals surface area contributed by atoms with Crippen molar-refractivity contribution in [3.63, 3.8) is 0 Å². The molecule has 0 aliphatic heterocycles. The van der Waals surface area contributed by atoms with Crippen molar-refractivity contribution in [2.45, 2.75) is 27.7 Å². The van der Waals surface area contributed by atoms with Gasteiger partial charge in [-0.2, -0.15) is 0 Å². The third-order valence-electron chi connectivity index (χ3n) is 2.04. The Kier molecular flexibility index (Phi) is 4.46. The molecule has 0 aliphatic rings. The summed E-state index contributed by atoms with van der Waals surface area (Å²) in [4.78, 5) is 13.8. The van der Waals surface area contributed by atoms with Gasteiger partial charge in [0, 0.05) is 13.1 Å². The summed E-state index contributed by atoms with van der Waals surface area (Å²) in [5.41, 5.74) is 0.279. The minimum atomic E-state index is -0.108. The lowest BCUT2D eigenvalue weighted by molar-refractivity contribution is 0.0704. The van der Waals surface area contributed by atoms with Crippen LogP contribution in [0.3, 0.4) is 0 Å². The fourth-order valence-electron chi connectivity index (χ4n) is 1.54. The van der Waals surface area contributed by atoms with E-state index in [0.717, 1.165) is 13.1 Å². The molecule has 1 aromatic heterocycles. The van der Waals surface area contributed by atoms with E-state index in [-0.39, 0.29) is 11.6 Å². The van der Waals surface area contributed by atoms with Gasteiger partial charge in [0.1, 0.15) is 6.20 Å². The van der Waals surface area contributed by atoms with E-state index in [0.29, 0.717) is 11.8 Å². The summed E-state index contributed by atoms with van der Waals surface area (Å²) >= 11 is 0. The van der Waals surface area contributed by atoms with Gasteiger partial charge < -0.3 is 4.90 Å². The van der Waals surface area contributed by atoms with Gasteiger partial charge in [-0.3, -0.25) is 4.79 Å². The van der Waals surface area contributed by atoms with Gasteiger partial charge in [0.2, 0.25) is 0 Å². The van der Waals surface area contributed by atoms with Crippen LogP contribution in [0.4, 0.5) is 0 Å². The van der Waals surface area contributed by atoms with E-state index in [1.54, 1.807) is 4.90 Å². The minimum Gasteiger partial charge on any atom is -0.337 e. The van der Waals surface area contributed by atoms with Crippen molar-refractivity contribution in [2.75, 3.05) is 13.1 Å². The summed E-state index contributed by atoms with van der Waals surface area (Å²) in [5, 5.41) is 7.02. The van der Waals surface area contributed by atoms with Crippen LogP contribution in [0.25, 0.3) is 0 Å². The smallest absolute Gasteiger partial charge is 0.277 e. The average molecular weight is 225 g/mol. The lowest BCUT2D eigenvalue weighted by Crippen LogP contribution is -2.37. The van der Waals surface area contributed by atoms with Crippen LogP contribution in [-0.4, -0.2) is 34.2 Å². The van der Waals surface area contributed by atoms with Crippen LogP contribution < -0.4 is 0 Å². The molecule has 0 radical (unpaired) electrons. The highest BCUT2D eigenvalue weighted by Gasteiger charge is 2.20. The Morgan fingerprint density at radius 1 is 1.31 bits per heavy atom. The first-order chi connectivity index (χ1) is 7.50. The summed E-state index contributed by atoms with van der Waals surface area (Å²) in [5.74, 6) is 0.758. The molecule has 16 heavy (non-hydrogen) atoms. The number of rotatable bonds is 5. The molecule has 0 saturated heterocycles. The van der Waals surface area contributed by atoms with Crippen molar-refractivity contribution in [3.8, 4) is 0 Å². The van der Waals surface area contributed by atoms with Crippen LogP contribution in [0.1, 0.15) is 38.2 Å². The molecule has 0 saturated carbocycles. The Bertz CT molecular complexity index is 310. The maximum Gasteiger partial charge on any atom is 0.277 e. The van der Waals surface area contributed by atoms with Crippen molar-refractivity contribution < 1.29 is 9.42 Å². The molecule has 5 heteroatoms. The van der Waals surface area contributed by atoms with Gasteiger partial charge >= 0.3 is 0 Å². The molecule has 1 rings (SSSR count). The lowest BCUT2D eigenvalue weighted by Gasteiger charge is -2.25. The number of amides is 1. The molecule has 0 atom stereocenters. The van der Waals surface area contributed by atoms with Crippen LogP contribution in [0.15, 0.2) is 10.8 Å². The van der Waals surface area contributed by atoms with Gasteiger partial charge in [-0.05, 0) is 17.0 Å². The predicted molar refractivity (Wildman–Crippen MR) is 59.9 cm³/mol. The minimum absolute atomic E-state index is 0.108. The largest absolute Gasteiger partial charge is 0.337 e. The number of hydrogen-bond acceptors (Lipinski definition) is 4.